The second-order valence-electron chi connectivity index (χ2n) is 5.02. The highest BCUT2D eigenvalue weighted by molar-refractivity contribution is 5.61. The average Bonchev–Trinajstić information content (AvgIpc) is 2.62. The Labute approximate surface area is 110 Å². The maximum absolute atomic E-state index is 5.88. The molecule has 3 nitrogen and oxygen atoms in total. The fourth-order valence-electron chi connectivity index (χ4n) is 2.56. The van der Waals surface area contributed by atoms with Gasteiger partial charge in [0.25, 0.3) is 0 Å². The van der Waals surface area contributed by atoms with Crippen molar-refractivity contribution in [2.24, 2.45) is 0 Å². The zero-order valence-corrected chi connectivity index (χ0v) is 11.2. The van der Waals surface area contributed by atoms with Crippen molar-refractivity contribution < 1.29 is 4.74 Å². The van der Waals surface area contributed by atoms with Crippen LogP contribution < -0.4 is 15.8 Å². The van der Waals surface area contributed by atoms with Crippen molar-refractivity contribution in [2.75, 3.05) is 17.7 Å². The summed E-state index contributed by atoms with van der Waals surface area (Å²) in [4.78, 5) is 0. The molecular formula is C15H24N2O. The van der Waals surface area contributed by atoms with E-state index in [4.69, 9.17) is 10.5 Å². The standard InChI is InChI=1S/C15H24N2O/c1-2-18-15-11-13(9-10-14(15)16)17-12-7-5-3-4-6-8-12/h9-12,17H,2-8,16H2,1H3. The molecule has 2 rings (SSSR count). The Kier molecular flexibility index (Phi) is 4.73. The summed E-state index contributed by atoms with van der Waals surface area (Å²) in [5, 5.41) is 3.61. The number of ether oxygens (including phenoxy) is 1. The molecule has 0 radical (unpaired) electrons. The first-order valence-corrected chi connectivity index (χ1v) is 7.08. The first-order chi connectivity index (χ1) is 8.79. The first-order valence-electron chi connectivity index (χ1n) is 7.08. The Balaban J connectivity index is 2.01. The SMILES string of the molecule is CCOc1cc(NC2CCCCCC2)ccc1N. The lowest BCUT2D eigenvalue weighted by Gasteiger charge is -2.18. The van der Waals surface area contributed by atoms with E-state index in [1.165, 1.54) is 38.5 Å². The summed E-state index contributed by atoms with van der Waals surface area (Å²) in [5.74, 6) is 0.788. The second kappa shape index (κ2) is 6.53. The Hall–Kier alpha value is -1.38. The van der Waals surface area contributed by atoms with Crippen molar-refractivity contribution in [3.8, 4) is 5.75 Å². The van der Waals surface area contributed by atoms with Gasteiger partial charge in [-0.1, -0.05) is 25.7 Å². The lowest BCUT2D eigenvalue weighted by atomic mass is 10.1. The number of nitrogens with two attached hydrogens (primary N) is 1. The third kappa shape index (κ3) is 3.56. The van der Waals surface area contributed by atoms with Crippen LogP contribution in [0, 0.1) is 0 Å². The Morgan fingerprint density at radius 2 is 1.94 bits per heavy atom. The first kappa shape index (κ1) is 13.1. The molecule has 0 amide bonds. The average molecular weight is 248 g/mol. The van der Waals surface area contributed by atoms with Crippen LogP contribution in [-0.2, 0) is 0 Å². The summed E-state index contributed by atoms with van der Waals surface area (Å²) in [6, 6.07) is 6.59. The molecule has 0 aromatic heterocycles. The highest BCUT2D eigenvalue weighted by atomic mass is 16.5. The van der Waals surface area contributed by atoms with E-state index in [0.29, 0.717) is 18.3 Å². The maximum atomic E-state index is 5.88. The van der Waals surface area contributed by atoms with Crippen LogP contribution in [-0.4, -0.2) is 12.6 Å². The largest absolute Gasteiger partial charge is 0.492 e. The molecule has 0 aliphatic heterocycles. The van der Waals surface area contributed by atoms with E-state index < -0.39 is 0 Å². The predicted molar refractivity (Wildman–Crippen MR) is 77.1 cm³/mol. The van der Waals surface area contributed by atoms with Gasteiger partial charge in [-0.05, 0) is 31.9 Å². The molecule has 3 heteroatoms. The predicted octanol–water partition coefficient (Wildman–Crippen LogP) is 3.80. The van der Waals surface area contributed by atoms with Crippen LogP contribution in [0.15, 0.2) is 18.2 Å². The van der Waals surface area contributed by atoms with Gasteiger partial charge in [0, 0.05) is 17.8 Å². The topological polar surface area (TPSA) is 47.3 Å². The van der Waals surface area contributed by atoms with Crippen molar-refractivity contribution in [1.82, 2.24) is 0 Å². The van der Waals surface area contributed by atoms with Crippen molar-refractivity contribution >= 4 is 11.4 Å². The molecule has 0 spiro atoms. The van der Waals surface area contributed by atoms with E-state index >= 15 is 0 Å². The second-order valence-corrected chi connectivity index (χ2v) is 5.02. The molecular weight excluding hydrogens is 224 g/mol. The van der Waals surface area contributed by atoms with E-state index in [0.717, 1.165) is 11.4 Å². The van der Waals surface area contributed by atoms with Crippen LogP contribution in [0.4, 0.5) is 11.4 Å². The molecule has 0 heterocycles. The van der Waals surface area contributed by atoms with Crippen molar-refractivity contribution in [2.45, 2.75) is 51.5 Å². The van der Waals surface area contributed by atoms with Gasteiger partial charge in [0.2, 0.25) is 0 Å². The summed E-state index contributed by atoms with van der Waals surface area (Å²) in [7, 11) is 0. The van der Waals surface area contributed by atoms with Gasteiger partial charge in [0.15, 0.2) is 0 Å². The molecule has 1 aliphatic carbocycles. The van der Waals surface area contributed by atoms with Gasteiger partial charge < -0.3 is 15.8 Å². The van der Waals surface area contributed by atoms with Gasteiger partial charge in [0.1, 0.15) is 5.75 Å². The summed E-state index contributed by atoms with van der Waals surface area (Å²) in [6.07, 6.45) is 7.98. The summed E-state index contributed by atoms with van der Waals surface area (Å²) < 4.78 is 5.53. The van der Waals surface area contributed by atoms with E-state index in [9.17, 15) is 0 Å². The van der Waals surface area contributed by atoms with Crippen LogP contribution >= 0.6 is 0 Å². The van der Waals surface area contributed by atoms with E-state index in [1.807, 2.05) is 25.1 Å². The molecule has 1 fully saturated rings. The number of benzene rings is 1. The van der Waals surface area contributed by atoms with E-state index in [-0.39, 0.29) is 0 Å². The van der Waals surface area contributed by atoms with Gasteiger partial charge >= 0.3 is 0 Å². The third-order valence-corrected chi connectivity index (χ3v) is 3.54. The number of rotatable bonds is 4. The minimum atomic E-state index is 0.602. The minimum absolute atomic E-state index is 0.602. The van der Waals surface area contributed by atoms with Crippen molar-refractivity contribution in [1.29, 1.82) is 0 Å². The smallest absolute Gasteiger partial charge is 0.144 e. The molecule has 0 atom stereocenters. The zero-order chi connectivity index (χ0) is 12.8. The fourth-order valence-corrected chi connectivity index (χ4v) is 2.56. The highest BCUT2D eigenvalue weighted by Gasteiger charge is 2.12. The van der Waals surface area contributed by atoms with Crippen LogP contribution in [0.1, 0.15) is 45.4 Å². The van der Waals surface area contributed by atoms with Crippen molar-refractivity contribution in [3.63, 3.8) is 0 Å². The molecule has 0 saturated heterocycles. The van der Waals surface area contributed by atoms with Crippen LogP contribution in [0.25, 0.3) is 0 Å². The molecule has 18 heavy (non-hydrogen) atoms. The number of nitrogens with one attached hydrogen (secondary N) is 1. The van der Waals surface area contributed by atoms with E-state index in [2.05, 4.69) is 5.32 Å². The number of nitrogen functional groups attached to an aromatic ring is 1. The number of hydrogen-bond acceptors (Lipinski definition) is 3. The summed E-state index contributed by atoms with van der Waals surface area (Å²) in [5.41, 5.74) is 7.72. The molecule has 3 N–H and O–H groups in total. The number of hydrogen-bond donors (Lipinski definition) is 2. The molecule has 1 saturated carbocycles. The monoisotopic (exact) mass is 248 g/mol. The molecule has 100 valence electrons. The fraction of sp³-hybridized carbons (Fsp3) is 0.600. The minimum Gasteiger partial charge on any atom is -0.492 e. The quantitative estimate of drug-likeness (QED) is 0.629. The lowest BCUT2D eigenvalue weighted by molar-refractivity contribution is 0.342. The third-order valence-electron chi connectivity index (χ3n) is 3.54. The summed E-state index contributed by atoms with van der Waals surface area (Å²) >= 11 is 0. The highest BCUT2D eigenvalue weighted by Crippen LogP contribution is 2.27. The van der Waals surface area contributed by atoms with E-state index in [1.54, 1.807) is 0 Å². The Morgan fingerprint density at radius 3 is 2.61 bits per heavy atom. The molecule has 0 unspecified atom stereocenters. The van der Waals surface area contributed by atoms with Gasteiger partial charge in [0.05, 0.1) is 12.3 Å². The Morgan fingerprint density at radius 1 is 1.22 bits per heavy atom. The van der Waals surface area contributed by atoms with Crippen LogP contribution in [0.3, 0.4) is 0 Å². The molecule has 1 aromatic rings. The molecule has 1 aliphatic rings. The normalized spacial score (nSPS) is 17.2. The Bertz CT molecular complexity index is 371. The van der Waals surface area contributed by atoms with Gasteiger partial charge in [-0.25, -0.2) is 0 Å². The summed E-state index contributed by atoms with van der Waals surface area (Å²) in [6.45, 7) is 2.63. The van der Waals surface area contributed by atoms with Crippen LogP contribution in [0.5, 0.6) is 5.75 Å². The maximum Gasteiger partial charge on any atom is 0.144 e. The van der Waals surface area contributed by atoms with Crippen LogP contribution in [0.2, 0.25) is 0 Å². The molecule has 0 bridgehead atoms. The van der Waals surface area contributed by atoms with Gasteiger partial charge in [-0.2, -0.15) is 0 Å². The molecule has 1 aromatic carbocycles. The van der Waals surface area contributed by atoms with Crippen molar-refractivity contribution in [3.05, 3.63) is 18.2 Å². The van der Waals surface area contributed by atoms with Gasteiger partial charge in [-0.3, -0.25) is 0 Å². The zero-order valence-electron chi connectivity index (χ0n) is 11.2. The lowest BCUT2D eigenvalue weighted by Crippen LogP contribution is -2.18. The van der Waals surface area contributed by atoms with Gasteiger partial charge in [-0.15, -0.1) is 0 Å². The number of anilines is 2.